The van der Waals surface area contributed by atoms with E-state index >= 15 is 0 Å². The molecule has 2 unspecified atom stereocenters. The molecule has 2 atom stereocenters. The summed E-state index contributed by atoms with van der Waals surface area (Å²) in [7, 11) is 0. The minimum absolute atomic E-state index is 0.195. The Labute approximate surface area is 79.6 Å². The van der Waals surface area contributed by atoms with E-state index in [-0.39, 0.29) is 11.2 Å². The monoisotopic (exact) mass is 182 g/mol. The summed E-state index contributed by atoms with van der Waals surface area (Å²) in [5, 5.41) is 0. The number of fused-ring (bicyclic) bond motifs is 3. The van der Waals surface area contributed by atoms with Crippen LogP contribution in [0.1, 0.15) is 40.0 Å². The molecule has 1 aliphatic heterocycles. The zero-order chi connectivity index (χ0) is 9.32. The predicted molar refractivity (Wildman–Crippen MR) is 49.0 cm³/mol. The third kappa shape index (κ3) is 0.637. The van der Waals surface area contributed by atoms with Gasteiger partial charge in [-0.05, 0) is 24.2 Å². The Balaban J connectivity index is 2.07. The first kappa shape index (κ1) is 8.25. The van der Waals surface area contributed by atoms with Crippen LogP contribution >= 0.6 is 0 Å². The van der Waals surface area contributed by atoms with Crippen LogP contribution in [0.5, 0.6) is 0 Å². The average molecular weight is 182 g/mol. The van der Waals surface area contributed by atoms with E-state index in [0.717, 1.165) is 12.3 Å². The molecule has 2 heteroatoms. The van der Waals surface area contributed by atoms with E-state index in [0.29, 0.717) is 12.2 Å². The van der Waals surface area contributed by atoms with Crippen molar-refractivity contribution >= 4 is 0 Å². The highest BCUT2D eigenvalue weighted by Gasteiger charge is 2.72. The molecule has 0 aromatic heterocycles. The number of rotatable bonds is 0. The van der Waals surface area contributed by atoms with Gasteiger partial charge in [-0.2, -0.15) is 0 Å². The van der Waals surface area contributed by atoms with Crippen molar-refractivity contribution < 1.29 is 9.47 Å². The van der Waals surface area contributed by atoms with Gasteiger partial charge in [-0.25, -0.2) is 0 Å². The van der Waals surface area contributed by atoms with Crippen LogP contribution in [0.4, 0.5) is 0 Å². The molecule has 13 heavy (non-hydrogen) atoms. The Morgan fingerprint density at radius 1 is 1.15 bits per heavy atom. The van der Waals surface area contributed by atoms with Crippen molar-refractivity contribution in [2.75, 3.05) is 6.79 Å². The van der Waals surface area contributed by atoms with Crippen LogP contribution in [0.25, 0.3) is 0 Å². The minimum Gasteiger partial charge on any atom is -0.323 e. The van der Waals surface area contributed by atoms with E-state index in [9.17, 15) is 0 Å². The van der Waals surface area contributed by atoms with Gasteiger partial charge in [0.25, 0.3) is 0 Å². The fourth-order valence-electron chi connectivity index (χ4n) is 3.82. The Kier molecular flexibility index (Phi) is 1.24. The highest BCUT2D eigenvalue weighted by Crippen LogP contribution is 2.72. The van der Waals surface area contributed by atoms with E-state index in [1.807, 2.05) is 0 Å². The van der Waals surface area contributed by atoms with Gasteiger partial charge in [-0.3, -0.25) is 0 Å². The Bertz CT molecular complexity index is 255. The lowest BCUT2D eigenvalue weighted by Crippen LogP contribution is -2.58. The zero-order valence-electron chi connectivity index (χ0n) is 8.72. The standard InChI is InChI=1S/C11H18O2/c1-9(2)8-4-5-10(9,3)11(6-8)12-7-13-11/h8H,4-7H2,1-3H3. The van der Waals surface area contributed by atoms with Crippen LogP contribution in [-0.2, 0) is 9.47 Å². The van der Waals surface area contributed by atoms with Gasteiger partial charge < -0.3 is 9.47 Å². The van der Waals surface area contributed by atoms with Crippen LogP contribution in [0.15, 0.2) is 0 Å². The molecule has 0 radical (unpaired) electrons. The Morgan fingerprint density at radius 2 is 1.85 bits per heavy atom. The highest BCUT2D eigenvalue weighted by molar-refractivity contribution is 5.16. The molecule has 2 aliphatic carbocycles. The lowest BCUT2D eigenvalue weighted by Gasteiger charge is -2.52. The van der Waals surface area contributed by atoms with Crippen LogP contribution in [0, 0.1) is 16.7 Å². The largest absolute Gasteiger partial charge is 0.323 e. The predicted octanol–water partition coefficient (Wildman–Crippen LogP) is 2.53. The molecular weight excluding hydrogens is 164 g/mol. The maximum absolute atomic E-state index is 5.73. The molecule has 2 nitrogen and oxygen atoms in total. The molecule has 3 fully saturated rings. The molecule has 3 rings (SSSR count). The van der Waals surface area contributed by atoms with Crippen molar-refractivity contribution in [3.63, 3.8) is 0 Å². The first-order chi connectivity index (χ1) is 6.02. The molecule has 2 bridgehead atoms. The molecule has 0 amide bonds. The summed E-state index contributed by atoms with van der Waals surface area (Å²) in [5.41, 5.74) is 0.649. The molecule has 74 valence electrons. The van der Waals surface area contributed by atoms with Crippen molar-refractivity contribution in [1.29, 1.82) is 0 Å². The van der Waals surface area contributed by atoms with Gasteiger partial charge in [-0.15, -0.1) is 0 Å². The van der Waals surface area contributed by atoms with Gasteiger partial charge in [0.1, 0.15) is 0 Å². The third-order valence-electron chi connectivity index (χ3n) is 5.38. The topological polar surface area (TPSA) is 18.5 Å². The number of hydrogen-bond donors (Lipinski definition) is 0. The van der Waals surface area contributed by atoms with Crippen LogP contribution < -0.4 is 0 Å². The van der Waals surface area contributed by atoms with E-state index in [1.54, 1.807) is 0 Å². The SMILES string of the molecule is CC1(C)C2CCC1(C)C1(C2)OCO1. The fraction of sp³-hybridized carbons (Fsp3) is 1.00. The zero-order valence-corrected chi connectivity index (χ0v) is 8.72. The molecule has 1 heterocycles. The second-order valence-corrected chi connectivity index (χ2v) is 5.65. The summed E-state index contributed by atoms with van der Waals surface area (Å²) >= 11 is 0. The third-order valence-corrected chi connectivity index (χ3v) is 5.38. The van der Waals surface area contributed by atoms with E-state index in [1.165, 1.54) is 12.8 Å². The Hall–Kier alpha value is -0.0800. The summed E-state index contributed by atoms with van der Waals surface area (Å²) in [4.78, 5) is 0. The molecule has 1 spiro atoms. The van der Waals surface area contributed by atoms with E-state index < -0.39 is 0 Å². The maximum Gasteiger partial charge on any atom is 0.180 e. The van der Waals surface area contributed by atoms with Gasteiger partial charge in [0, 0.05) is 11.8 Å². The van der Waals surface area contributed by atoms with E-state index in [2.05, 4.69) is 20.8 Å². The molecule has 1 saturated heterocycles. The first-order valence-corrected chi connectivity index (χ1v) is 5.30. The van der Waals surface area contributed by atoms with Gasteiger partial charge in [0.15, 0.2) is 12.6 Å². The van der Waals surface area contributed by atoms with Crippen molar-refractivity contribution in [3.05, 3.63) is 0 Å². The van der Waals surface area contributed by atoms with Gasteiger partial charge in [-0.1, -0.05) is 20.8 Å². The molecular formula is C11H18O2. The first-order valence-electron chi connectivity index (χ1n) is 5.30. The summed E-state index contributed by atoms with van der Waals surface area (Å²) in [6.45, 7) is 7.62. The van der Waals surface area contributed by atoms with Crippen molar-refractivity contribution in [2.45, 2.75) is 45.8 Å². The Morgan fingerprint density at radius 3 is 2.08 bits per heavy atom. The normalized spacial score (nSPS) is 49.6. The van der Waals surface area contributed by atoms with Crippen molar-refractivity contribution in [1.82, 2.24) is 0 Å². The molecule has 2 saturated carbocycles. The minimum atomic E-state index is -0.195. The average Bonchev–Trinajstić information content (AvgIpc) is 2.30. The summed E-state index contributed by atoms with van der Waals surface area (Å²) in [6, 6.07) is 0. The van der Waals surface area contributed by atoms with Crippen LogP contribution in [0.3, 0.4) is 0 Å². The summed E-state index contributed by atoms with van der Waals surface area (Å²) in [5.74, 6) is 0.608. The number of ether oxygens (including phenoxy) is 2. The molecule has 0 aromatic carbocycles. The van der Waals surface area contributed by atoms with Crippen molar-refractivity contribution in [3.8, 4) is 0 Å². The smallest absolute Gasteiger partial charge is 0.180 e. The summed E-state index contributed by atoms with van der Waals surface area (Å²) < 4.78 is 11.5. The number of hydrogen-bond acceptors (Lipinski definition) is 2. The van der Waals surface area contributed by atoms with Gasteiger partial charge in [0.05, 0.1) is 0 Å². The molecule has 3 aliphatic rings. The molecule has 0 aromatic rings. The van der Waals surface area contributed by atoms with Gasteiger partial charge >= 0.3 is 0 Å². The van der Waals surface area contributed by atoms with Crippen molar-refractivity contribution in [2.24, 2.45) is 16.7 Å². The van der Waals surface area contributed by atoms with Gasteiger partial charge in [0.2, 0.25) is 0 Å². The fourth-order valence-corrected chi connectivity index (χ4v) is 3.82. The van der Waals surface area contributed by atoms with E-state index in [4.69, 9.17) is 9.47 Å². The van der Waals surface area contributed by atoms with Crippen LogP contribution in [0.2, 0.25) is 0 Å². The van der Waals surface area contributed by atoms with Crippen LogP contribution in [-0.4, -0.2) is 12.6 Å². The molecule has 0 N–H and O–H groups in total. The maximum atomic E-state index is 5.73. The summed E-state index contributed by atoms with van der Waals surface area (Å²) in [6.07, 6.45) is 3.75. The lowest BCUT2D eigenvalue weighted by molar-refractivity contribution is -0.438. The second kappa shape index (κ2) is 1.96. The highest BCUT2D eigenvalue weighted by atomic mass is 16.9. The lowest BCUT2D eigenvalue weighted by atomic mass is 9.68. The second-order valence-electron chi connectivity index (χ2n) is 5.65. The quantitative estimate of drug-likeness (QED) is 0.573.